The maximum atomic E-state index is 13.9. The second-order valence-electron chi connectivity index (χ2n) is 13.5. The number of ether oxygens (including phenoxy) is 2. The zero-order valence-electron chi connectivity index (χ0n) is 30.6. The Morgan fingerprint density at radius 2 is 1.59 bits per heavy atom. The van der Waals surface area contributed by atoms with Crippen molar-refractivity contribution in [1.29, 1.82) is 0 Å². The molecule has 0 aliphatic carbocycles. The van der Waals surface area contributed by atoms with Gasteiger partial charge in [0.1, 0.15) is 23.0 Å². The van der Waals surface area contributed by atoms with Crippen LogP contribution in [0.25, 0.3) is 22.8 Å². The number of para-hydroxylation sites is 2. The highest BCUT2D eigenvalue weighted by Gasteiger charge is 2.43. The molecule has 13 heteroatoms. The van der Waals surface area contributed by atoms with Gasteiger partial charge in [-0.3, -0.25) is 4.79 Å². The number of rotatable bonds is 11. The van der Waals surface area contributed by atoms with Crippen molar-refractivity contribution in [3.05, 3.63) is 149 Å². The quantitative estimate of drug-likeness (QED) is 0.140. The van der Waals surface area contributed by atoms with Gasteiger partial charge in [-0.15, -0.1) is 12.4 Å². The van der Waals surface area contributed by atoms with Crippen LogP contribution in [0.2, 0.25) is 5.02 Å². The lowest BCUT2D eigenvalue weighted by atomic mass is 9.74. The number of hydrogen-bond donors (Lipinski definition) is 1. The number of nitrogens with zero attached hydrogens (tertiary/aromatic N) is 5. The third-order valence-electron chi connectivity index (χ3n) is 9.95. The summed E-state index contributed by atoms with van der Waals surface area (Å²) in [5.41, 5.74) is 4.68. The molecule has 2 aliphatic heterocycles. The minimum absolute atomic E-state index is 0. The molecule has 0 atom stereocenters. The molecule has 2 aliphatic rings. The summed E-state index contributed by atoms with van der Waals surface area (Å²) in [6.45, 7) is 3.49. The minimum atomic E-state index is -0.751. The highest BCUT2D eigenvalue weighted by molar-refractivity contribution is 6.31. The predicted molar refractivity (Wildman–Crippen MR) is 212 cm³/mol. The van der Waals surface area contributed by atoms with Gasteiger partial charge < -0.3 is 31.9 Å². The third kappa shape index (κ3) is 10.0. The molecule has 0 radical (unpaired) electrons. The van der Waals surface area contributed by atoms with Crippen molar-refractivity contribution in [3.8, 4) is 34.3 Å². The topological polar surface area (TPSA) is 93.6 Å². The van der Waals surface area contributed by atoms with Crippen molar-refractivity contribution in [2.45, 2.75) is 37.5 Å². The van der Waals surface area contributed by atoms with Gasteiger partial charge in [0.2, 0.25) is 0 Å². The summed E-state index contributed by atoms with van der Waals surface area (Å²) in [4.78, 5) is 16.7. The van der Waals surface area contributed by atoms with Crippen LogP contribution in [0.1, 0.15) is 36.8 Å². The van der Waals surface area contributed by atoms with Crippen LogP contribution in [0.3, 0.4) is 0 Å². The Morgan fingerprint density at radius 1 is 0.911 bits per heavy atom. The van der Waals surface area contributed by atoms with E-state index in [9.17, 15) is 9.18 Å². The van der Waals surface area contributed by atoms with E-state index in [0.29, 0.717) is 49.0 Å². The molecule has 1 N–H and O–H groups in total. The summed E-state index contributed by atoms with van der Waals surface area (Å²) in [5.74, 6) is 1.28. The number of likely N-dealkylation sites (tertiary alicyclic amines) is 1. The number of halogens is 4. The molecular formula is C43H43Cl3FN5O4. The molecule has 1 spiro atoms. The summed E-state index contributed by atoms with van der Waals surface area (Å²) in [6.07, 6.45) is 3.29. The lowest BCUT2D eigenvalue weighted by Gasteiger charge is -2.38. The summed E-state index contributed by atoms with van der Waals surface area (Å²) in [6, 6.07) is 40.8. The SMILES string of the molecule is Cl.O=C(O)CCN1CCC2(CC1)COc1cc(OCCCc3c(F)cccc3Cl)ccc12.[Cl-].c1ccc(-c2nn(-c3ccccc3)[n+](-c3ccccc3)n2)cc1. The Kier molecular flexibility index (Phi) is 14.9. The summed E-state index contributed by atoms with van der Waals surface area (Å²) < 4.78 is 25.7. The van der Waals surface area contributed by atoms with Crippen LogP contribution in [-0.4, -0.2) is 63.8 Å². The number of fused-ring (bicyclic) bond motifs is 2. The van der Waals surface area contributed by atoms with Gasteiger partial charge in [-0.1, -0.05) is 78.3 Å². The average molecular weight is 819 g/mol. The largest absolute Gasteiger partial charge is 1.00 e. The van der Waals surface area contributed by atoms with Gasteiger partial charge in [-0.05, 0) is 103 Å². The molecule has 0 unspecified atom stereocenters. The molecule has 6 aromatic rings. The maximum Gasteiger partial charge on any atom is 0.340 e. The van der Waals surface area contributed by atoms with Crippen molar-refractivity contribution < 1.29 is 41.0 Å². The molecule has 1 aromatic heterocycles. The van der Waals surface area contributed by atoms with E-state index in [4.69, 9.17) is 36.4 Å². The summed E-state index contributed by atoms with van der Waals surface area (Å²) in [7, 11) is 0. The molecule has 3 heterocycles. The van der Waals surface area contributed by atoms with Crippen molar-refractivity contribution in [3.63, 3.8) is 0 Å². The van der Waals surface area contributed by atoms with E-state index >= 15 is 0 Å². The second-order valence-corrected chi connectivity index (χ2v) is 13.9. The number of aromatic nitrogens is 4. The number of piperidine rings is 1. The fourth-order valence-electron chi connectivity index (χ4n) is 6.97. The molecule has 9 nitrogen and oxygen atoms in total. The predicted octanol–water partition coefficient (Wildman–Crippen LogP) is 5.33. The number of tetrazole rings is 1. The van der Waals surface area contributed by atoms with Gasteiger partial charge in [-0.25, -0.2) is 4.39 Å². The fraction of sp³-hybridized carbons (Fsp3) is 0.256. The Hall–Kier alpha value is -5.00. The first-order valence-electron chi connectivity index (χ1n) is 18.2. The van der Waals surface area contributed by atoms with Gasteiger partial charge in [-0.2, -0.15) is 0 Å². The summed E-state index contributed by atoms with van der Waals surface area (Å²) in [5, 5.41) is 18.7. The first-order valence-corrected chi connectivity index (χ1v) is 18.6. The van der Waals surface area contributed by atoms with Crippen molar-refractivity contribution in [1.82, 2.24) is 19.9 Å². The Balaban J connectivity index is 0.000000215. The minimum Gasteiger partial charge on any atom is -1.00 e. The molecule has 5 aromatic carbocycles. The van der Waals surface area contributed by atoms with E-state index in [-0.39, 0.29) is 42.5 Å². The van der Waals surface area contributed by atoms with E-state index in [1.165, 1.54) is 11.6 Å². The standard InChI is InChI=1S/C24H27ClFNO4.C19H15N4.2ClH/c25-20-4-1-5-21(26)18(20)3-2-14-30-17-6-7-19-22(15-17)31-16-24(19)9-12-27(13-10-24)11-8-23(28)29;1-4-10-16(11-5-1)19-20-22(17-12-6-2-7-13-17)23(21-19)18-14-8-3-9-15-18;;/h1,4-7,15H,2-3,8-14,16H2,(H,28,29);1-15H;2*1H/q;+1;;/p-1. The van der Waals surface area contributed by atoms with Gasteiger partial charge in [0.15, 0.2) is 5.69 Å². The van der Waals surface area contributed by atoms with Crippen LogP contribution < -0.4 is 26.7 Å². The smallest absolute Gasteiger partial charge is 0.340 e. The van der Waals surface area contributed by atoms with Crippen LogP contribution in [-0.2, 0) is 16.6 Å². The van der Waals surface area contributed by atoms with E-state index in [2.05, 4.69) is 11.0 Å². The zero-order valence-corrected chi connectivity index (χ0v) is 33.0. The number of benzene rings is 5. The highest BCUT2D eigenvalue weighted by atomic mass is 35.5. The lowest BCUT2D eigenvalue weighted by Crippen LogP contribution is -3.00. The van der Waals surface area contributed by atoms with Crippen LogP contribution in [0.4, 0.5) is 4.39 Å². The van der Waals surface area contributed by atoms with Crippen molar-refractivity contribution >= 4 is 30.0 Å². The van der Waals surface area contributed by atoms with Crippen LogP contribution >= 0.6 is 24.0 Å². The summed E-state index contributed by atoms with van der Waals surface area (Å²) >= 11 is 6.07. The van der Waals surface area contributed by atoms with Gasteiger partial charge in [0.05, 0.1) is 30.3 Å². The highest BCUT2D eigenvalue weighted by Crippen LogP contribution is 2.46. The van der Waals surface area contributed by atoms with Crippen molar-refractivity contribution in [2.75, 3.05) is 32.8 Å². The second kappa shape index (κ2) is 19.7. The number of carbonyl (C=O) groups is 1. The normalized spacial score (nSPS) is 14.0. The molecule has 292 valence electrons. The number of carboxylic acid groups (broad SMARTS) is 1. The van der Waals surface area contributed by atoms with Gasteiger partial charge in [0.25, 0.3) is 0 Å². The van der Waals surface area contributed by atoms with E-state index < -0.39 is 5.97 Å². The zero-order chi connectivity index (χ0) is 37.3. The molecule has 1 fully saturated rings. The molecule has 8 rings (SSSR count). The first kappa shape index (κ1) is 42.1. The van der Waals surface area contributed by atoms with E-state index in [1.54, 1.807) is 12.1 Å². The third-order valence-corrected chi connectivity index (χ3v) is 10.3. The molecule has 0 saturated carbocycles. The number of aliphatic carboxylic acids is 1. The first-order chi connectivity index (χ1) is 26.4. The molecule has 56 heavy (non-hydrogen) atoms. The maximum absolute atomic E-state index is 13.9. The monoisotopic (exact) mass is 817 g/mol. The molecule has 0 bridgehead atoms. The Morgan fingerprint density at radius 3 is 2.27 bits per heavy atom. The molecule has 0 amide bonds. The number of hydrogen-bond acceptors (Lipinski definition) is 6. The average Bonchev–Trinajstić information content (AvgIpc) is 3.81. The molecule has 1 saturated heterocycles. The Labute approximate surface area is 343 Å². The van der Waals surface area contributed by atoms with Crippen molar-refractivity contribution in [2.24, 2.45) is 0 Å². The van der Waals surface area contributed by atoms with Gasteiger partial charge in [0, 0.05) is 39.0 Å². The van der Waals surface area contributed by atoms with E-state index in [0.717, 1.165) is 54.4 Å². The van der Waals surface area contributed by atoms with Crippen LogP contribution in [0, 0.1) is 5.82 Å². The molecular weight excluding hydrogens is 776 g/mol. The fourth-order valence-corrected chi connectivity index (χ4v) is 7.23. The van der Waals surface area contributed by atoms with Gasteiger partial charge >= 0.3 is 11.8 Å². The Bertz CT molecular complexity index is 2090. The van der Waals surface area contributed by atoms with E-state index in [1.807, 2.05) is 113 Å². The van der Waals surface area contributed by atoms with Crippen LogP contribution in [0.5, 0.6) is 11.5 Å². The van der Waals surface area contributed by atoms with Crippen LogP contribution in [0.15, 0.2) is 127 Å². The lowest BCUT2D eigenvalue weighted by molar-refractivity contribution is -0.734. The number of carboxylic acids is 1.